The number of hydrogen-bond donors (Lipinski definition) is 2. The zero-order valence-electron chi connectivity index (χ0n) is 9.79. The largest absolute Gasteiger partial charge is 0.398 e. The van der Waals surface area contributed by atoms with Crippen molar-refractivity contribution in [3.63, 3.8) is 0 Å². The molecule has 0 amide bonds. The number of rotatable bonds is 5. The molecule has 0 aliphatic heterocycles. The van der Waals surface area contributed by atoms with Crippen molar-refractivity contribution in [1.82, 2.24) is 5.32 Å². The minimum atomic E-state index is 0.00275. The second kappa shape index (κ2) is 6.08. The summed E-state index contributed by atoms with van der Waals surface area (Å²) in [5.74, 6) is 0.00275. The van der Waals surface area contributed by atoms with E-state index in [0.29, 0.717) is 11.3 Å². The van der Waals surface area contributed by atoms with Gasteiger partial charge in [-0.2, -0.15) is 0 Å². The molecule has 0 saturated carbocycles. The Balaban J connectivity index is 2.78. The highest BCUT2D eigenvalue weighted by Crippen LogP contribution is 2.15. The molecule has 16 heavy (non-hydrogen) atoms. The van der Waals surface area contributed by atoms with Crippen molar-refractivity contribution in [1.29, 1.82) is 0 Å². The lowest BCUT2D eigenvalue weighted by Crippen LogP contribution is -2.05. The molecular formula is C13H18N2O. The van der Waals surface area contributed by atoms with Crippen LogP contribution >= 0.6 is 0 Å². The number of Topliss-reactive ketones (excluding diaryl/α,β-unsaturated/α-hetero) is 1. The number of hydrogen-bond acceptors (Lipinski definition) is 3. The number of nitrogens with two attached hydrogens (primary N) is 1. The van der Waals surface area contributed by atoms with Gasteiger partial charge >= 0.3 is 0 Å². The molecule has 0 fully saturated rings. The maximum Gasteiger partial charge on any atom is 0.161 e. The standard InChI is InChI=1S/C13H18N2O/c1-10(16)12-9-11(6-7-13(12)14)5-3-4-8-15-2/h3,5-7,9,15H,4,8,14H2,1-2H3. The zero-order valence-corrected chi connectivity index (χ0v) is 9.79. The first-order valence-electron chi connectivity index (χ1n) is 5.36. The molecule has 3 N–H and O–H groups in total. The molecule has 3 nitrogen and oxygen atoms in total. The number of carbonyl (C=O) groups is 1. The van der Waals surface area contributed by atoms with E-state index in [4.69, 9.17) is 5.73 Å². The topological polar surface area (TPSA) is 55.1 Å². The van der Waals surface area contributed by atoms with E-state index in [2.05, 4.69) is 11.4 Å². The van der Waals surface area contributed by atoms with E-state index in [1.165, 1.54) is 6.92 Å². The summed E-state index contributed by atoms with van der Waals surface area (Å²) in [5, 5.41) is 3.07. The highest BCUT2D eigenvalue weighted by Gasteiger charge is 2.03. The van der Waals surface area contributed by atoms with Crippen LogP contribution in [0.15, 0.2) is 24.3 Å². The summed E-state index contributed by atoms with van der Waals surface area (Å²) in [7, 11) is 1.92. The summed E-state index contributed by atoms with van der Waals surface area (Å²) in [6.07, 6.45) is 5.05. The molecule has 1 aromatic rings. The van der Waals surface area contributed by atoms with Gasteiger partial charge in [0, 0.05) is 11.3 Å². The highest BCUT2D eigenvalue weighted by atomic mass is 16.1. The number of anilines is 1. The van der Waals surface area contributed by atoms with E-state index in [-0.39, 0.29) is 5.78 Å². The van der Waals surface area contributed by atoms with Crippen LogP contribution in [-0.4, -0.2) is 19.4 Å². The van der Waals surface area contributed by atoms with Gasteiger partial charge in [0.2, 0.25) is 0 Å². The third-order valence-corrected chi connectivity index (χ3v) is 2.33. The lowest BCUT2D eigenvalue weighted by molar-refractivity contribution is 0.101. The van der Waals surface area contributed by atoms with E-state index in [9.17, 15) is 4.79 Å². The molecule has 0 heterocycles. The second-order valence-corrected chi connectivity index (χ2v) is 3.70. The normalized spacial score (nSPS) is 10.9. The van der Waals surface area contributed by atoms with Gasteiger partial charge in [0.25, 0.3) is 0 Å². The molecule has 86 valence electrons. The van der Waals surface area contributed by atoms with Crippen molar-refractivity contribution in [2.75, 3.05) is 19.3 Å². The van der Waals surface area contributed by atoms with E-state index in [1.54, 1.807) is 6.07 Å². The predicted octanol–water partition coefficient (Wildman–Crippen LogP) is 2.09. The van der Waals surface area contributed by atoms with Crippen molar-refractivity contribution < 1.29 is 4.79 Å². The average Bonchev–Trinajstić information content (AvgIpc) is 2.26. The van der Waals surface area contributed by atoms with E-state index >= 15 is 0 Å². The van der Waals surface area contributed by atoms with Crippen molar-refractivity contribution in [3.8, 4) is 0 Å². The first-order chi connectivity index (χ1) is 7.65. The maximum absolute atomic E-state index is 11.3. The first-order valence-corrected chi connectivity index (χ1v) is 5.36. The Morgan fingerprint density at radius 3 is 2.88 bits per heavy atom. The van der Waals surface area contributed by atoms with Gasteiger partial charge in [0.05, 0.1) is 0 Å². The summed E-state index contributed by atoms with van der Waals surface area (Å²) in [5.41, 5.74) is 7.86. The molecule has 3 heteroatoms. The van der Waals surface area contributed by atoms with E-state index in [0.717, 1.165) is 18.5 Å². The summed E-state index contributed by atoms with van der Waals surface area (Å²) in [6.45, 7) is 2.48. The van der Waals surface area contributed by atoms with E-state index < -0.39 is 0 Å². The molecule has 0 atom stereocenters. The minimum Gasteiger partial charge on any atom is -0.398 e. The zero-order chi connectivity index (χ0) is 12.0. The summed E-state index contributed by atoms with van der Waals surface area (Å²) >= 11 is 0. The Labute approximate surface area is 96.3 Å². The van der Waals surface area contributed by atoms with Crippen LogP contribution in [0, 0.1) is 0 Å². The highest BCUT2D eigenvalue weighted by molar-refractivity contribution is 5.99. The summed E-state index contributed by atoms with van der Waals surface area (Å²) in [6, 6.07) is 5.51. The predicted molar refractivity (Wildman–Crippen MR) is 68.4 cm³/mol. The number of nitrogen functional groups attached to an aromatic ring is 1. The van der Waals surface area contributed by atoms with E-state index in [1.807, 2.05) is 25.3 Å². The molecule has 0 unspecified atom stereocenters. The lowest BCUT2D eigenvalue weighted by atomic mass is 10.1. The maximum atomic E-state index is 11.3. The van der Waals surface area contributed by atoms with Gasteiger partial charge in [-0.1, -0.05) is 18.2 Å². The smallest absolute Gasteiger partial charge is 0.161 e. The minimum absolute atomic E-state index is 0.00275. The SMILES string of the molecule is CNCCC=Cc1ccc(N)c(C(C)=O)c1. The van der Waals surface area contributed by atoms with Gasteiger partial charge in [-0.15, -0.1) is 0 Å². The number of benzene rings is 1. The molecule has 1 aromatic carbocycles. The second-order valence-electron chi connectivity index (χ2n) is 3.70. The van der Waals surface area contributed by atoms with Crippen LogP contribution in [0.3, 0.4) is 0 Å². The van der Waals surface area contributed by atoms with Crippen molar-refractivity contribution in [3.05, 3.63) is 35.4 Å². The van der Waals surface area contributed by atoms with Crippen LogP contribution in [-0.2, 0) is 0 Å². The third kappa shape index (κ3) is 3.51. The number of nitrogens with one attached hydrogen (secondary N) is 1. The lowest BCUT2D eigenvalue weighted by Gasteiger charge is -2.02. The number of ketones is 1. The molecule has 0 bridgehead atoms. The van der Waals surface area contributed by atoms with Crippen LogP contribution in [0.25, 0.3) is 6.08 Å². The third-order valence-electron chi connectivity index (χ3n) is 2.33. The number of carbonyl (C=O) groups excluding carboxylic acids is 1. The fourth-order valence-corrected chi connectivity index (χ4v) is 1.43. The van der Waals surface area contributed by atoms with Crippen LogP contribution in [0.2, 0.25) is 0 Å². The van der Waals surface area contributed by atoms with Gasteiger partial charge in [-0.3, -0.25) is 4.79 Å². The fourth-order valence-electron chi connectivity index (χ4n) is 1.43. The Morgan fingerprint density at radius 1 is 1.50 bits per heavy atom. The molecular weight excluding hydrogens is 200 g/mol. The molecule has 1 rings (SSSR count). The quantitative estimate of drug-likeness (QED) is 0.452. The molecule has 0 saturated heterocycles. The van der Waals surface area contributed by atoms with Gasteiger partial charge in [0.15, 0.2) is 5.78 Å². The average molecular weight is 218 g/mol. The molecule has 0 aliphatic rings. The van der Waals surface area contributed by atoms with Gasteiger partial charge in [-0.25, -0.2) is 0 Å². The van der Waals surface area contributed by atoms with Crippen molar-refractivity contribution in [2.45, 2.75) is 13.3 Å². The molecule has 0 radical (unpaired) electrons. The van der Waals surface area contributed by atoms with Crippen molar-refractivity contribution >= 4 is 17.5 Å². The molecule has 0 aliphatic carbocycles. The van der Waals surface area contributed by atoms with Gasteiger partial charge in [0.1, 0.15) is 0 Å². The van der Waals surface area contributed by atoms with Crippen LogP contribution in [0.5, 0.6) is 0 Å². The van der Waals surface area contributed by atoms with Crippen LogP contribution in [0.1, 0.15) is 29.3 Å². The molecule has 0 aromatic heterocycles. The molecule has 0 spiro atoms. The Morgan fingerprint density at radius 2 is 2.25 bits per heavy atom. The Bertz CT molecular complexity index is 397. The van der Waals surface area contributed by atoms with Crippen molar-refractivity contribution in [2.24, 2.45) is 0 Å². The monoisotopic (exact) mass is 218 g/mol. The Kier molecular flexibility index (Phi) is 4.73. The summed E-state index contributed by atoms with van der Waals surface area (Å²) < 4.78 is 0. The van der Waals surface area contributed by atoms with Gasteiger partial charge < -0.3 is 11.1 Å². The van der Waals surface area contributed by atoms with Gasteiger partial charge in [-0.05, 0) is 44.6 Å². The van der Waals surface area contributed by atoms with Crippen LogP contribution in [0.4, 0.5) is 5.69 Å². The van der Waals surface area contributed by atoms with Crippen LogP contribution < -0.4 is 11.1 Å². The first kappa shape index (κ1) is 12.5. The fraction of sp³-hybridized carbons (Fsp3) is 0.308. The summed E-state index contributed by atoms with van der Waals surface area (Å²) in [4.78, 5) is 11.3. The Hall–Kier alpha value is -1.61.